The van der Waals surface area contributed by atoms with Crippen LogP contribution < -0.4 is 0 Å². The summed E-state index contributed by atoms with van der Waals surface area (Å²) in [5.41, 5.74) is 6.04. The van der Waals surface area contributed by atoms with Crippen molar-refractivity contribution in [1.82, 2.24) is 29.7 Å². The van der Waals surface area contributed by atoms with Crippen LogP contribution in [0.25, 0.3) is 33.2 Å². The molecule has 1 fully saturated rings. The van der Waals surface area contributed by atoms with Crippen molar-refractivity contribution in [2.24, 2.45) is 13.0 Å². The molecule has 10 nitrogen and oxygen atoms in total. The van der Waals surface area contributed by atoms with Crippen molar-refractivity contribution < 1.29 is 19.4 Å². The molecule has 5 heterocycles. The summed E-state index contributed by atoms with van der Waals surface area (Å²) in [5, 5.41) is 24.7. The minimum Gasteiger partial charge on any atom is -0.386 e. The Bertz CT molecular complexity index is 1580. The van der Waals surface area contributed by atoms with Gasteiger partial charge in [-0.1, -0.05) is 22.5 Å². The van der Waals surface area contributed by atoms with Crippen molar-refractivity contribution in [3.63, 3.8) is 0 Å². The van der Waals surface area contributed by atoms with Crippen LogP contribution >= 0.6 is 0 Å². The van der Waals surface area contributed by atoms with E-state index in [0.717, 1.165) is 62.3 Å². The molecule has 4 aromatic heterocycles. The van der Waals surface area contributed by atoms with E-state index in [0.29, 0.717) is 13.2 Å². The molecule has 0 radical (unpaired) electrons. The maximum Gasteiger partial charge on any atom is 0.134 e. The predicted molar refractivity (Wildman–Crippen MR) is 137 cm³/mol. The SMILES string of the molecule is Cc1cc(C(C2CCOOC2)n2c3cc(C(C)(C)O)ccc3c3ncc(-c4c(C)nnn4C)cc32)no1. The average molecular weight is 503 g/mol. The van der Waals surface area contributed by atoms with E-state index in [9.17, 15) is 5.11 Å². The zero-order valence-corrected chi connectivity index (χ0v) is 21.6. The molecule has 1 aliphatic rings. The molecule has 6 rings (SSSR count). The van der Waals surface area contributed by atoms with E-state index in [-0.39, 0.29) is 12.0 Å². The van der Waals surface area contributed by atoms with Gasteiger partial charge in [0, 0.05) is 36.2 Å². The lowest BCUT2D eigenvalue weighted by Crippen LogP contribution is -2.29. The molecule has 1 N–H and O–H groups in total. The maximum atomic E-state index is 10.8. The van der Waals surface area contributed by atoms with Gasteiger partial charge in [0.1, 0.15) is 11.5 Å². The third-order valence-electron chi connectivity index (χ3n) is 7.23. The Labute approximate surface area is 213 Å². The zero-order valence-electron chi connectivity index (χ0n) is 21.6. The number of fused-ring (bicyclic) bond motifs is 3. The highest BCUT2D eigenvalue weighted by Crippen LogP contribution is 2.41. The number of aryl methyl sites for hydroxylation is 3. The summed E-state index contributed by atoms with van der Waals surface area (Å²) in [6, 6.07) is 9.96. The normalized spacial score (nSPS) is 17.6. The molecule has 0 spiro atoms. The van der Waals surface area contributed by atoms with Gasteiger partial charge in [0.2, 0.25) is 0 Å². The van der Waals surface area contributed by atoms with Crippen molar-refractivity contribution in [2.75, 3.05) is 13.2 Å². The molecule has 37 heavy (non-hydrogen) atoms. The Kier molecular flexibility index (Phi) is 5.63. The molecule has 10 heteroatoms. The first-order valence-corrected chi connectivity index (χ1v) is 12.4. The van der Waals surface area contributed by atoms with Crippen LogP contribution in [-0.4, -0.2) is 48.0 Å². The zero-order chi connectivity index (χ0) is 25.9. The smallest absolute Gasteiger partial charge is 0.134 e. The summed E-state index contributed by atoms with van der Waals surface area (Å²) in [5.74, 6) is 0.813. The number of pyridine rings is 1. The molecule has 0 saturated carbocycles. The molecular weight excluding hydrogens is 472 g/mol. The van der Waals surface area contributed by atoms with Gasteiger partial charge in [0.25, 0.3) is 0 Å². The van der Waals surface area contributed by atoms with E-state index >= 15 is 0 Å². The van der Waals surface area contributed by atoms with Gasteiger partial charge in [0.05, 0.1) is 52.8 Å². The molecule has 0 bridgehead atoms. The van der Waals surface area contributed by atoms with E-state index in [4.69, 9.17) is 19.3 Å². The molecule has 0 amide bonds. The van der Waals surface area contributed by atoms with Crippen LogP contribution in [-0.2, 0) is 22.4 Å². The second kappa shape index (κ2) is 8.76. The first kappa shape index (κ1) is 23.8. The Morgan fingerprint density at radius 2 is 1.95 bits per heavy atom. The lowest BCUT2D eigenvalue weighted by molar-refractivity contribution is -0.326. The quantitative estimate of drug-likeness (QED) is 0.353. The van der Waals surface area contributed by atoms with Crippen molar-refractivity contribution in [2.45, 2.75) is 45.8 Å². The molecule has 2 atom stereocenters. The average Bonchev–Trinajstić information content (AvgIpc) is 3.54. The Morgan fingerprint density at radius 3 is 2.59 bits per heavy atom. The van der Waals surface area contributed by atoms with E-state index in [1.54, 1.807) is 18.5 Å². The highest BCUT2D eigenvalue weighted by molar-refractivity contribution is 6.07. The first-order valence-electron chi connectivity index (χ1n) is 12.4. The summed E-state index contributed by atoms with van der Waals surface area (Å²) < 4.78 is 9.58. The highest BCUT2D eigenvalue weighted by atomic mass is 17.2. The summed E-state index contributed by atoms with van der Waals surface area (Å²) in [4.78, 5) is 15.6. The van der Waals surface area contributed by atoms with Gasteiger partial charge < -0.3 is 14.2 Å². The fourth-order valence-corrected chi connectivity index (χ4v) is 5.41. The van der Waals surface area contributed by atoms with Crippen molar-refractivity contribution in [3.8, 4) is 11.3 Å². The van der Waals surface area contributed by atoms with Crippen LogP contribution in [0.4, 0.5) is 0 Å². The monoisotopic (exact) mass is 502 g/mol. The van der Waals surface area contributed by atoms with Crippen LogP contribution in [0.2, 0.25) is 0 Å². The number of hydrogen-bond acceptors (Lipinski definition) is 8. The van der Waals surface area contributed by atoms with Gasteiger partial charge in [-0.25, -0.2) is 14.5 Å². The maximum absolute atomic E-state index is 10.8. The summed E-state index contributed by atoms with van der Waals surface area (Å²) in [7, 11) is 1.88. The Balaban J connectivity index is 1.69. The molecule has 1 aliphatic heterocycles. The Hall–Kier alpha value is -3.60. The Morgan fingerprint density at radius 1 is 1.11 bits per heavy atom. The van der Waals surface area contributed by atoms with E-state index in [2.05, 4.69) is 26.1 Å². The third kappa shape index (κ3) is 4.01. The van der Waals surface area contributed by atoms with Gasteiger partial charge in [-0.15, -0.1) is 5.10 Å². The molecule has 0 aliphatic carbocycles. The minimum atomic E-state index is -1.01. The van der Waals surface area contributed by atoms with Gasteiger partial charge >= 0.3 is 0 Å². The molecule has 1 saturated heterocycles. The standard InChI is InChI=1S/C27H30N6O4/c1-15-10-21(30-37-15)26(17-8-9-35-36-14-17)33-22-12-19(27(3,4)34)6-7-20(22)24-23(33)11-18(13-28-24)25-16(2)29-31-32(25)5/h6-7,10-13,17,26,34H,8-9,14H2,1-5H3. The second-order valence-corrected chi connectivity index (χ2v) is 10.4. The van der Waals surface area contributed by atoms with Crippen LogP contribution in [0.1, 0.15) is 49.0 Å². The van der Waals surface area contributed by atoms with Gasteiger partial charge in [-0.05, 0) is 51.8 Å². The molecular formula is C27H30N6O4. The number of aromatic nitrogens is 6. The number of rotatable bonds is 5. The topological polar surface area (TPSA) is 113 Å². The lowest BCUT2D eigenvalue weighted by Gasteiger charge is -2.30. The van der Waals surface area contributed by atoms with E-state index < -0.39 is 5.60 Å². The van der Waals surface area contributed by atoms with Gasteiger partial charge in [0.15, 0.2) is 0 Å². The van der Waals surface area contributed by atoms with E-state index in [1.165, 1.54) is 0 Å². The fraction of sp³-hybridized carbons (Fsp3) is 0.407. The van der Waals surface area contributed by atoms with Crippen LogP contribution in [0.5, 0.6) is 0 Å². The second-order valence-electron chi connectivity index (χ2n) is 10.4. The molecule has 192 valence electrons. The van der Waals surface area contributed by atoms with Gasteiger partial charge in [-0.3, -0.25) is 4.98 Å². The first-order chi connectivity index (χ1) is 17.7. The van der Waals surface area contributed by atoms with Crippen molar-refractivity contribution >= 4 is 21.9 Å². The van der Waals surface area contributed by atoms with Gasteiger partial charge in [-0.2, -0.15) is 0 Å². The number of hydrogen-bond donors (Lipinski definition) is 1. The van der Waals surface area contributed by atoms with Crippen LogP contribution in [0.15, 0.2) is 41.1 Å². The lowest BCUT2D eigenvalue weighted by atomic mass is 9.93. The fourth-order valence-electron chi connectivity index (χ4n) is 5.41. The number of aliphatic hydroxyl groups is 1. The number of benzene rings is 1. The minimum absolute atomic E-state index is 0.0756. The third-order valence-corrected chi connectivity index (χ3v) is 7.23. The molecule has 5 aromatic rings. The largest absolute Gasteiger partial charge is 0.386 e. The van der Waals surface area contributed by atoms with E-state index in [1.807, 2.05) is 51.4 Å². The van der Waals surface area contributed by atoms with Crippen molar-refractivity contribution in [1.29, 1.82) is 0 Å². The highest BCUT2D eigenvalue weighted by Gasteiger charge is 2.33. The number of nitrogens with zero attached hydrogens (tertiary/aromatic N) is 6. The molecule has 1 aromatic carbocycles. The van der Waals surface area contributed by atoms with Crippen molar-refractivity contribution in [3.05, 3.63) is 59.2 Å². The summed E-state index contributed by atoms with van der Waals surface area (Å²) in [6.07, 6.45) is 2.66. The van der Waals surface area contributed by atoms with Crippen LogP contribution in [0.3, 0.4) is 0 Å². The predicted octanol–water partition coefficient (Wildman–Crippen LogP) is 4.37. The summed E-state index contributed by atoms with van der Waals surface area (Å²) >= 11 is 0. The summed E-state index contributed by atoms with van der Waals surface area (Å²) in [6.45, 7) is 8.33. The molecule has 2 unspecified atom stereocenters. The van der Waals surface area contributed by atoms with Crippen LogP contribution in [0, 0.1) is 19.8 Å².